The van der Waals surface area contributed by atoms with Crippen LogP contribution in [0.2, 0.25) is 0 Å². The van der Waals surface area contributed by atoms with Crippen molar-refractivity contribution in [1.82, 2.24) is 24.8 Å². The number of hydrogen-bond acceptors (Lipinski definition) is 8. The number of ether oxygens (including phenoxy) is 3. The smallest absolute Gasteiger partial charge is 0.410 e. The molecular weight excluding hydrogens is 476 g/mol. The van der Waals surface area contributed by atoms with Crippen molar-refractivity contribution < 1.29 is 23.8 Å². The van der Waals surface area contributed by atoms with Crippen LogP contribution in [0, 0.1) is 5.92 Å². The summed E-state index contributed by atoms with van der Waals surface area (Å²) >= 11 is 0. The van der Waals surface area contributed by atoms with Crippen molar-refractivity contribution in [2.45, 2.75) is 71.6 Å². The molecule has 1 saturated heterocycles. The number of aromatic nitrogens is 3. The Morgan fingerprint density at radius 2 is 1.92 bits per heavy atom. The maximum absolute atomic E-state index is 12.8. The molecule has 3 heterocycles. The lowest BCUT2D eigenvalue weighted by Crippen LogP contribution is -2.51. The van der Waals surface area contributed by atoms with Gasteiger partial charge in [0.05, 0.1) is 31.1 Å². The van der Waals surface area contributed by atoms with Crippen molar-refractivity contribution in [2.75, 3.05) is 39.5 Å². The highest BCUT2D eigenvalue weighted by molar-refractivity contribution is 5.85. The summed E-state index contributed by atoms with van der Waals surface area (Å²) < 4.78 is 18.8. The maximum atomic E-state index is 12.8. The average molecular weight is 519 g/mol. The Morgan fingerprint density at radius 3 is 2.62 bits per heavy atom. The molecule has 0 bridgehead atoms. The van der Waals surface area contributed by atoms with Crippen LogP contribution < -0.4 is 11.1 Å². The summed E-state index contributed by atoms with van der Waals surface area (Å²) in [6, 6.07) is 4.93. The zero-order chi connectivity index (χ0) is 25.5. The highest BCUT2D eigenvalue weighted by atomic mass is 16.6. The van der Waals surface area contributed by atoms with Crippen LogP contribution in [0.4, 0.5) is 4.79 Å². The first-order chi connectivity index (χ1) is 17.3. The minimum Gasteiger partial charge on any atom is -0.443 e. The summed E-state index contributed by atoms with van der Waals surface area (Å²) in [5.74, 6) is 0.720. The monoisotopic (exact) mass is 518 g/mol. The molecule has 11 heteroatoms. The molecule has 2 aliphatic rings. The second kappa shape index (κ2) is 13.2. The first-order valence-corrected chi connectivity index (χ1v) is 12.8. The van der Waals surface area contributed by atoms with Gasteiger partial charge in [-0.1, -0.05) is 32.8 Å². The number of carbonyl (C=O) groups is 2. The van der Waals surface area contributed by atoms with Gasteiger partial charge in [-0.2, -0.15) is 0 Å². The van der Waals surface area contributed by atoms with E-state index in [1.807, 2.05) is 22.6 Å². The van der Waals surface area contributed by atoms with Crippen molar-refractivity contribution in [2.24, 2.45) is 11.7 Å². The third-order valence-electron chi connectivity index (χ3n) is 6.71. The SMILES string of the molecule is C.CC(C)(N)C(=O)N[C@H](COCC1CCCCC1)c1nnc2cccc(COC(=O)N3CCOCC3)n12. The van der Waals surface area contributed by atoms with E-state index in [-0.39, 0.29) is 26.5 Å². The zero-order valence-electron chi connectivity index (χ0n) is 21.3. The van der Waals surface area contributed by atoms with E-state index in [0.717, 1.165) is 0 Å². The average Bonchev–Trinajstić information content (AvgIpc) is 3.32. The van der Waals surface area contributed by atoms with Gasteiger partial charge >= 0.3 is 6.09 Å². The maximum Gasteiger partial charge on any atom is 0.410 e. The first kappa shape index (κ1) is 28.8. The Hall–Kier alpha value is -2.76. The van der Waals surface area contributed by atoms with Crippen molar-refractivity contribution in [3.8, 4) is 0 Å². The van der Waals surface area contributed by atoms with Crippen LogP contribution in [0.25, 0.3) is 5.65 Å². The number of nitrogens with one attached hydrogen (secondary N) is 1. The first-order valence-electron chi connectivity index (χ1n) is 12.8. The van der Waals surface area contributed by atoms with E-state index in [4.69, 9.17) is 19.9 Å². The van der Waals surface area contributed by atoms with Gasteiger partial charge in [-0.25, -0.2) is 4.79 Å². The fourth-order valence-corrected chi connectivity index (χ4v) is 4.57. The number of fused-ring (bicyclic) bond motifs is 1. The molecule has 37 heavy (non-hydrogen) atoms. The van der Waals surface area contributed by atoms with Crippen LogP contribution in [0.1, 0.15) is 70.9 Å². The summed E-state index contributed by atoms with van der Waals surface area (Å²) in [7, 11) is 0. The molecule has 1 aliphatic heterocycles. The van der Waals surface area contributed by atoms with E-state index >= 15 is 0 Å². The van der Waals surface area contributed by atoms with Crippen molar-refractivity contribution in [3.63, 3.8) is 0 Å². The van der Waals surface area contributed by atoms with Crippen LogP contribution >= 0.6 is 0 Å². The number of nitrogens with two attached hydrogens (primary N) is 1. The topological polar surface area (TPSA) is 133 Å². The van der Waals surface area contributed by atoms with Crippen molar-refractivity contribution in [3.05, 3.63) is 29.7 Å². The lowest BCUT2D eigenvalue weighted by molar-refractivity contribution is -0.126. The summed E-state index contributed by atoms with van der Waals surface area (Å²) in [4.78, 5) is 27.0. The molecule has 2 aromatic rings. The molecule has 0 unspecified atom stereocenters. The standard InChI is InChI=1S/C25H38N6O5.CH4/c1-25(2,26)23(32)27-20(17-35-15-18-7-4-3-5-8-18)22-29-28-21-10-6-9-19(31(21)22)16-36-24(33)30-11-13-34-14-12-30;/h6,9-10,18,20H,3-5,7-8,11-17,26H2,1-2H3,(H,27,32);1H4/t20-;/m1./s1. The minimum absolute atomic E-state index is 0. The summed E-state index contributed by atoms with van der Waals surface area (Å²) in [5.41, 5.74) is 6.26. The molecule has 2 fully saturated rings. The van der Waals surface area contributed by atoms with Crippen LogP contribution in [0.15, 0.2) is 18.2 Å². The Morgan fingerprint density at radius 1 is 1.19 bits per heavy atom. The Kier molecular flexibility index (Phi) is 10.2. The summed E-state index contributed by atoms with van der Waals surface area (Å²) in [6.07, 6.45) is 5.69. The van der Waals surface area contributed by atoms with Crippen molar-refractivity contribution in [1.29, 1.82) is 0 Å². The van der Waals surface area contributed by atoms with Gasteiger partial charge in [0.1, 0.15) is 12.6 Å². The zero-order valence-corrected chi connectivity index (χ0v) is 21.3. The van der Waals surface area contributed by atoms with Crippen LogP contribution in [-0.4, -0.2) is 76.6 Å². The second-order valence-corrected chi connectivity index (χ2v) is 10.2. The molecule has 0 radical (unpaired) electrons. The Labute approximate surface area is 219 Å². The Balaban J connectivity index is 0.00000380. The van der Waals surface area contributed by atoms with E-state index in [2.05, 4.69) is 15.5 Å². The van der Waals surface area contributed by atoms with Gasteiger partial charge in [0.25, 0.3) is 0 Å². The number of nitrogens with zero attached hydrogens (tertiary/aromatic N) is 4. The van der Waals surface area contributed by atoms with Gasteiger partial charge in [0.15, 0.2) is 11.5 Å². The molecular formula is C26H42N6O5. The lowest BCUT2D eigenvalue weighted by Gasteiger charge is -2.26. The largest absolute Gasteiger partial charge is 0.443 e. The highest BCUT2D eigenvalue weighted by Crippen LogP contribution is 2.24. The van der Waals surface area contributed by atoms with E-state index in [1.54, 1.807) is 18.7 Å². The fourth-order valence-electron chi connectivity index (χ4n) is 4.57. The molecule has 1 atom stereocenters. The van der Waals surface area contributed by atoms with Gasteiger partial charge in [-0.05, 0) is 44.7 Å². The second-order valence-electron chi connectivity index (χ2n) is 10.2. The highest BCUT2D eigenvalue weighted by Gasteiger charge is 2.29. The molecule has 0 spiro atoms. The molecule has 2 aromatic heterocycles. The van der Waals surface area contributed by atoms with E-state index in [0.29, 0.717) is 56.0 Å². The molecule has 4 rings (SSSR count). The van der Waals surface area contributed by atoms with Crippen LogP contribution in [-0.2, 0) is 25.6 Å². The third kappa shape index (κ3) is 7.62. The molecule has 3 N–H and O–H groups in total. The number of carbonyl (C=O) groups excluding carboxylic acids is 2. The van der Waals surface area contributed by atoms with E-state index in [9.17, 15) is 9.59 Å². The quantitative estimate of drug-likeness (QED) is 0.518. The number of pyridine rings is 1. The summed E-state index contributed by atoms with van der Waals surface area (Å²) in [5, 5.41) is 11.7. The molecule has 11 nitrogen and oxygen atoms in total. The van der Waals surface area contributed by atoms with Gasteiger partial charge in [0.2, 0.25) is 5.91 Å². The van der Waals surface area contributed by atoms with Gasteiger partial charge in [-0.15, -0.1) is 10.2 Å². The number of rotatable bonds is 9. The molecule has 206 valence electrons. The minimum atomic E-state index is -1.07. The van der Waals surface area contributed by atoms with E-state index in [1.165, 1.54) is 32.1 Å². The van der Waals surface area contributed by atoms with Crippen LogP contribution in [0.3, 0.4) is 0 Å². The van der Waals surface area contributed by atoms with Crippen LogP contribution in [0.5, 0.6) is 0 Å². The molecule has 0 aromatic carbocycles. The Bertz CT molecular complexity index is 1020. The van der Waals surface area contributed by atoms with Gasteiger partial charge < -0.3 is 30.2 Å². The normalized spacial score (nSPS) is 17.8. The van der Waals surface area contributed by atoms with Crippen molar-refractivity contribution >= 4 is 17.6 Å². The van der Waals surface area contributed by atoms with Gasteiger partial charge in [-0.3, -0.25) is 9.20 Å². The molecule has 2 amide bonds. The number of amides is 2. The predicted molar refractivity (Wildman–Crippen MR) is 139 cm³/mol. The molecule has 1 aliphatic carbocycles. The van der Waals surface area contributed by atoms with Gasteiger partial charge in [0, 0.05) is 19.7 Å². The molecule has 1 saturated carbocycles. The predicted octanol–water partition coefficient (Wildman–Crippen LogP) is 2.83. The van der Waals surface area contributed by atoms with E-state index < -0.39 is 17.7 Å². The fraction of sp³-hybridized carbons (Fsp3) is 0.692. The number of hydrogen-bond donors (Lipinski definition) is 2. The third-order valence-corrected chi connectivity index (χ3v) is 6.71. The summed E-state index contributed by atoms with van der Waals surface area (Å²) in [6.45, 7) is 6.22. The lowest BCUT2D eigenvalue weighted by atomic mass is 9.90. The number of morpholine rings is 1.